The molecule has 0 aliphatic heterocycles. The Bertz CT molecular complexity index is 394. The number of nitrogens with zero attached hydrogens (tertiary/aromatic N) is 1. The molecule has 2 N–H and O–H groups in total. The highest BCUT2D eigenvalue weighted by Gasteiger charge is 2.04. The van der Waals surface area contributed by atoms with Gasteiger partial charge in [0.15, 0.2) is 0 Å². The first-order chi connectivity index (χ1) is 9.93. The monoisotopic (exact) mass is 297 g/mol. The van der Waals surface area contributed by atoms with Gasteiger partial charge in [-0.1, -0.05) is 30.3 Å². The average Bonchev–Trinajstić information content (AvgIpc) is 2.44. The molecule has 118 valence electrons. The molecule has 0 radical (unpaired) electrons. The van der Waals surface area contributed by atoms with Gasteiger partial charge in [-0.05, 0) is 32.5 Å². The number of likely N-dealkylation sites (N-methyl/N-ethyl adjacent to an activating group) is 1. The zero-order valence-corrected chi connectivity index (χ0v) is 12.5. The van der Waals surface area contributed by atoms with E-state index >= 15 is 0 Å². The minimum Gasteiger partial charge on any atom is -0.473 e. The molecular weight excluding hydrogens is 274 g/mol. The van der Waals surface area contributed by atoms with Crippen LogP contribution in [0.25, 0.3) is 0 Å². The van der Waals surface area contributed by atoms with Gasteiger partial charge < -0.3 is 19.8 Å². The lowest BCUT2D eigenvalue weighted by Crippen LogP contribution is -2.18. The molecule has 0 saturated heterocycles. The van der Waals surface area contributed by atoms with Crippen LogP contribution in [0.1, 0.15) is 12.0 Å². The van der Waals surface area contributed by atoms with Gasteiger partial charge in [-0.15, -0.1) is 0 Å². The second-order valence-corrected chi connectivity index (χ2v) is 4.62. The van der Waals surface area contributed by atoms with E-state index in [9.17, 15) is 0 Å². The summed E-state index contributed by atoms with van der Waals surface area (Å²) in [7, 11) is 4.13. The maximum absolute atomic E-state index is 9.10. The fourth-order valence-corrected chi connectivity index (χ4v) is 1.37. The molecule has 0 atom stereocenters. The molecule has 0 aromatic heterocycles. The lowest BCUT2D eigenvalue weighted by atomic mass is 10.1. The first kappa shape index (κ1) is 19.1. The van der Waals surface area contributed by atoms with Gasteiger partial charge in [-0.2, -0.15) is 0 Å². The third-order valence-corrected chi connectivity index (χ3v) is 2.46. The number of carbonyl (C=O) groups is 2. The number of ether oxygens (including phenoxy) is 1. The van der Waals surface area contributed by atoms with E-state index in [4.69, 9.17) is 24.5 Å². The molecule has 6 heteroatoms. The van der Waals surface area contributed by atoms with E-state index in [0.717, 1.165) is 32.6 Å². The summed E-state index contributed by atoms with van der Waals surface area (Å²) in [6.07, 6.45) is 2.22. The van der Waals surface area contributed by atoms with Crippen LogP contribution in [0.2, 0.25) is 0 Å². The third-order valence-electron chi connectivity index (χ3n) is 2.46. The molecule has 0 heterocycles. The maximum atomic E-state index is 9.10. The van der Waals surface area contributed by atoms with Crippen molar-refractivity contribution in [1.82, 2.24) is 4.90 Å². The lowest BCUT2D eigenvalue weighted by Gasteiger charge is -2.09. The zero-order valence-electron chi connectivity index (χ0n) is 12.5. The highest BCUT2D eigenvalue weighted by Crippen LogP contribution is 2.02. The molecule has 6 nitrogen and oxygen atoms in total. The quantitative estimate of drug-likeness (QED) is 0.583. The molecule has 0 unspecified atom stereocenters. The van der Waals surface area contributed by atoms with Crippen LogP contribution < -0.4 is 0 Å². The molecule has 0 amide bonds. The summed E-state index contributed by atoms with van der Waals surface area (Å²) in [5.74, 6) is -3.65. The number of aliphatic carboxylic acids is 2. The molecule has 0 aliphatic rings. The van der Waals surface area contributed by atoms with Crippen molar-refractivity contribution >= 4 is 11.9 Å². The molecule has 0 spiro atoms. The van der Waals surface area contributed by atoms with Crippen molar-refractivity contribution in [2.24, 2.45) is 0 Å². The van der Waals surface area contributed by atoms with E-state index < -0.39 is 11.9 Å². The van der Waals surface area contributed by atoms with E-state index in [1.54, 1.807) is 0 Å². The van der Waals surface area contributed by atoms with Crippen molar-refractivity contribution in [2.75, 3.05) is 33.9 Å². The number of hydrogen-bond donors (Lipinski definition) is 2. The van der Waals surface area contributed by atoms with Crippen LogP contribution in [0.4, 0.5) is 0 Å². The Balaban J connectivity index is 0.000000567. The predicted molar refractivity (Wildman–Crippen MR) is 79.4 cm³/mol. The third kappa shape index (κ3) is 12.8. The van der Waals surface area contributed by atoms with Gasteiger partial charge in [0.2, 0.25) is 0 Å². The first-order valence-corrected chi connectivity index (χ1v) is 6.66. The van der Waals surface area contributed by atoms with Gasteiger partial charge in [0.1, 0.15) is 0 Å². The van der Waals surface area contributed by atoms with Crippen molar-refractivity contribution in [1.29, 1.82) is 0 Å². The van der Waals surface area contributed by atoms with Gasteiger partial charge in [-0.3, -0.25) is 0 Å². The van der Waals surface area contributed by atoms with Gasteiger partial charge in [-0.25, -0.2) is 9.59 Å². The average molecular weight is 297 g/mol. The number of carboxylic acid groups (broad SMARTS) is 2. The van der Waals surface area contributed by atoms with Crippen LogP contribution in [-0.2, 0) is 20.7 Å². The fourth-order valence-electron chi connectivity index (χ4n) is 1.37. The molecule has 1 rings (SSSR count). The van der Waals surface area contributed by atoms with Crippen LogP contribution in [0.3, 0.4) is 0 Å². The van der Waals surface area contributed by atoms with Crippen LogP contribution >= 0.6 is 0 Å². The summed E-state index contributed by atoms with van der Waals surface area (Å²) in [6, 6.07) is 10.6. The van der Waals surface area contributed by atoms with Crippen molar-refractivity contribution in [2.45, 2.75) is 12.8 Å². The molecule has 21 heavy (non-hydrogen) atoms. The van der Waals surface area contributed by atoms with Gasteiger partial charge in [0, 0.05) is 13.2 Å². The summed E-state index contributed by atoms with van der Waals surface area (Å²) in [5, 5.41) is 14.8. The summed E-state index contributed by atoms with van der Waals surface area (Å²) < 4.78 is 5.52. The molecule has 0 saturated carbocycles. The predicted octanol–water partition coefficient (Wildman–Crippen LogP) is 1.35. The van der Waals surface area contributed by atoms with Gasteiger partial charge in [0.05, 0.1) is 6.61 Å². The van der Waals surface area contributed by atoms with E-state index in [2.05, 4.69) is 49.3 Å². The fraction of sp³-hybridized carbons (Fsp3) is 0.467. The number of aryl methyl sites for hydroxylation is 1. The van der Waals surface area contributed by atoms with Gasteiger partial charge >= 0.3 is 11.9 Å². The number of benzene rings is 1. The highest BCUT2D eigenvalue weighted by atomic mass is 16.5. The first-order valence-electron chi connectivity index (χ1n) is 6.66. The lowest BCUT2D eigenvalue weighted by molar-refractivity contribution is -0.159. The number of carboxylic acids is 2. The van der Waals surface area contributed by atoms with Crippen LogP contribution in [0.15, 0.2) is 30.3 Å². The number of hydrogen-bond acceptors (Lipinski definition) is 4. The topological polar surface area (TPSA) is 87.1 Å². The normalized spacial score (nSPS) is 9.86. The summed E-state index contributed by atoms with van der Waals surface area (Å²) >= 11 is 0. The Kier molecular flexibility index (Phi) is 10.8. The second-order valence-electron chi connectivity index (χ2n) is 4.62. The SMILES string of the molecule is CN(C)CCOCCCc1ccccc1.O=C(O)C(=O)O. The van der Waals surface area contributed by atoms with Crippen LogP contribution in [0.5, 0.6) is 0 Å². The van der Waals surface area contributed by atoms with E-state index in [0.29, 0.717) is 0 Å². The Morgan fingerprint density at radius 2 is 1.62 bits per heavy atom. The smallest absolute Gasteiger partial charge is 0.414 e. The van der Waals surface area contributed by atoms with E-state index in [-0.39, 0.29) is 0 Å². The molecule has 0 aliphatic carbocycles. The minimum absolute atomic E-state index is 0.835. The van der Waals surface area contributed by atoms with Crippen molar-refractivity contribution < 1.29 is 24.5 Å². The Hall–Kier alpha value is -1.92. The molecular formula is C15H23NO5. The van der Waals surface area contributed by atoms with Crippen molar-refractivity contribution in [3.8, 4) is 0 Å². The molecule has 1 aromatic carbocycles. The van der Waals surface area contributed by atoms with Gasteiger partial charge in [0.25, 0.3) is 0 Å². The van der Waals surface area contributed by atoms with Crippen molar-refractivity contribution in [3.05, 3.63) is 35.9 Å². The largest absolute Gasteiger partial charge is 0.473 e. The summed E-state index contributed by atoms with van der Waals surface area (Å²) in [6.45, 7) is 2.70. The minimum atomic E-state index is -1.82. The van der Waals surface area contributed by atoms with Crippen molar-refractivity contribution in [3.63, 3.8) is 0 Å². The molecule has 1 aromatic rings. The summed E-state index contributed by atoms with van der Waals surface area (Å²) in [4.78, 5) is 20.3. The van der Waals surface area contributed by atoms with E-state index in [1.807, 2.05) is 0 Å². The second kappa shape index (κ2) is 11.9. The molecule has 0 fully saturated rings. The Labute approximate surface area is 125 Å². The van der Waals surface area contributed by atoms with E-state index in [1.165, 1.54) is 5.56 Å². The van der Waals surface area contributed by atoms with Crippen LogP contribution in [0, 0.1) is 0 Å². The zero-order chi connectivity index (χ0) is 16.1. The maximum Gasteiger partial charge on any atom is 0.414 e. The Morgan fingerprint density at radius 1 is 1.05 bits per heavy atom. The standard InChI is InChI=1S/C13H21NO.C2H2O4/c1-14(2)10-12-15-11-6-9-13-7-4-3-5-8-13;3-1(4)2(5)6/h3-5,7-8H,6,9-12H2,1-2H3;(H,3,4)(H,5,6). The Morgan fingerprint density at radius 3 is 2.10 bits per heavy atom. The highest BCUT2D eigenvalue weighted by molar-refractivity contribution is 6.27. The number of rotatable bonds is 7. The van der Waals surface area contributed by atoms with Crippen LogP contribution in [-0.4, -0.2) is 60.9 Å². The summed E-state index contributed by atoms with van der Waals surface area (Å²) in [5.41, 5.74) is 1.40. The molecule has 0 bridgehead atoms.